The van der Waals surface area contributed by atoms with Crippen molar-refractivity contribution in [1.82, 2.24) is 4.98 Å². The summed E-state index contributed by atoms with van der Waals surface area (Å²) in [5.41, 5.74) is 0.728. The first-order chi connectivity index (χ1) is 8.60. The average Bonchev–Trinajstić information content (AvgIpc) is 2.36. The van der Waals surface area contributed by atoms with Gasteiger partial charge in [-0.2, -0.15) is 0 Å². The van der Waals surface area contributed by atoms with Crippen LogP contribution in [0.15, 0.2) is 34.9 Å². The Labute approximate surface area is 122 Å². The molecule has 0 aliphatic carbocycles. The Morgan fingerprint density at radius 2 is 2.11 bits per heavy atom. The number of nitrogens with zero attached hydrogens (tertiary/aromatic N) is 1. The molecule has 1 aromatic carbocycles. The first-order valence-electron chi connectivity index (χ1n) is 4.93. The number of hydrogen-bond donors (Lipinski definition) is 0. The van der Waals surface area contributed by atoms with Gasteiger partial charge < -0.3 is 4.74 Å². The second-order valence-electron chi connectivity index (χ2n) is 3.43. The van der Waals surface area contributed by atoms with Crippen LogP contribution in [0.4, 0.5) is 4.39 Å². The Kier molecular flexibility index (Phi) is 4.43. The van der Waals surface area contributed by atoms with E-state index in [0.29, 0.717) is 11.6 Å². The molecule has 0 spiro atoms. The van der Waals surface area contributed by atoms with Gasteiger partial charge in [-0.1, -0.05) is 11.6 Å². The van der Waals surface area contributed by atoms with Crippen LogP contribution in [0.25, 0.3) is 0 Å². The molecule has 0 amide bonds. The fraction of sp³-hybridized carbons (Fsp3) is 0.0833. The molecule has 0 bridgehead atoms. The lowest BCUT2D eigenvalue weighted by molar-refractivity contribution is 0.456. The molecule has 6 heteroatoms. The summed E-state index contributed by atoms with van der Waals surface area (Å²) in [5.74, 6) is 0.542. The molecule has 0 aliphatic heterocycles. The summed E-state index contributed by atoms with van der Waals surface area (Å²) < 4.78 is 19.3. The molecule has 0 saturated carbocycles. The van der Waals surface area contributed by atoms with Crippen molar-refractivity contribution in [3.05, 3.63) is 51.3 Å². The smallest absolute Gasteiger partial charge is 0.223 e. The molecule has 2 rings (SSSR count). The molecular formula is C12H7BrCl2FNO. The summed E-state index contributed by atoms with van der Waals surface area (Å²) in [7, 11) is 0. The highest BCUT2D eigenvalue weighted by Crippen LogP contribution is 2.29. The van der Waals surface area contributed by atoms with E-state index in [4.69, 9.17) is 27.9 Å². The van der Waals surface area contributed by atoms with Gasteiger partial charge in [0.15, 0.2) is 0 Å². The summed E-state index contributed by atoms with van der Waals surface area (Å²) in [5, 5.41) is -0.00275. The van der Waals surface area contributed by atoms with Crippen LogP contribution in [0.5, 0.6) is 11.6 Å². The van der Waals surface area contributed by atoms with Crippen molar-refractivity contribution < 1.29 is 9.13 Å². The van der Waals surface area contributed by atoms with Crippen molar-refractivity contribution in [1.29, 1.82) is 0 Å². The lowest BCUT2D eigenvalue weighted by atomic mass is 10.3. The van der Waals surface area contributed by atoms with Crippen LogP contribution in [0, 0.1) is 5.82 Å². The highest BCUT2D eigenvalue weighted by Gasteiger charge is 2.08. The summed E-state index contributed by atoms with van der Waals surface area (Å²) in [6.07, 6.45) is 1.59. The van der Waals surface area contributed by atoms with E-state index in [1.54, 1.807) is 12.3 Å². The van der Waals surface area contributed by atoms with Crippen molar-refractivity contribution in [2.45, 2.75) is 5.88 Å². The third-order valence-electron chi connectivity index (χ3n) is 2.14. The molecule has 0 atom stereocenters. The Bertz CT molecular complexity index is 580. The molecule has 2 aromatic rings. The third-order valence-corrected chi connectivity index (χ3v) is 3.15. The van der Waals surface area contributed by atoms with Crippen molar-refractivity contribution >= 4 is 39.1 Å². The summed E-state index contributed by atoms with van der Waals surface area (Å²) in [4.78, 5) is 4.11. The van der Waals surface area contributed by atoms with E-state index in [1.165, 1.54) is 18.2 Å². The number of benzene rings is 1. The van der Waals surface area contributed by atoms with Crippen LogP contribution >= 0.6 is 39.1 Å². The standard InChI is InChI=1S/C12H7BrCl2FNO/c13-8-3-7(5-14)12(17-6-8)18-9-1-2-11(16)10(15)4-9/h1-4,6H,5H2. The fourth-order valence-electron chi connectivity index (χ4n) is 1.31. The van der Waals surface area contributed by atoms with Gasteiger partial charge in [-0.3, -0.25) is 0 Å². The number of halogens is 4. The van der Waals surface area contributed by atoms with Crippen molar-refractivity contribution in [2.75, 3.05) is 0 Å². The number of alkyl halides is 1. The van der Waals surface area contributed by atoms with Crippen LogP contribution in [0.2, 0.25) is 5.02 Å². The first-order valence-corrected chi connectivity index (χ1v) is 6.64. The minimum Gasteiger partial charge on any atom is -0.439 e. The molecule has 0 fully saturated rings. The monoisotopic (exact) mass is 349 g/mol. The lowest BCUT2D eigenvalue weighted by Gasteiger charge is -2.09. The highest BCUT2D eigenvalue weighted by molar-refractivity contribution is 9.10. The zero-order valence-corrected chi connectivity index (χ0v) is 12.1. The maximum atomic E-state index is 13.0. The Hall–Kier alpha value is -0.840. The summed E-state index contributed by atoms with van der Waals surface area (Å²) in [6, 6.07) is 5.90. The van der Waals surface area contributed by atoms with Crippen molar-refractivity contribution in [3.8, 4) is 11.6 Å². The third kappa shape index (κ3) is 3.13. The molecule has 0 aliphatic rings. The van der Waals surface area contributed by atoms with Gasteiger partial charge in [-0.25, -0.2) is 9.37 Å². The quantitative estimate of drug-likeness (QED) is 0.712. The second-order valence-corrected chi connectivity index (χ2v) is 5.02. The van der Waals surface area contributed by atoms with Crippen LogP contribution in [0.1, 0.15) is 5.56 Å². The van der Waals surface area contributed by atoms with Crippen LogP contribution < -0.4 is 4.74 Å². The molecule has 1 heterocycles. The zero-order chi connectivity index (χ0) is 13.1. The molecule has 94 valence electrons. The van der Waals surface area contributed by atoms with E-state index in [0.717, 1.165) is 10.0 Å². The molecular weight excluding hydrogens is 344 g/mol. The van der Waals surface area contributed by atoms with Crippen LogP contribution in [-0.4, -0.2) is 4.98 Å². The second kappa shape index (κ2) is 5.87. The van der Waals surface area contributed by atoms with E-state index in [2.05, 4.69) is 20.9 Å². The largest absolute Gasteiger partial charge is 0.439 e. The van der Waals surface area contributed by atoms with E-state index in [1.807, 2.05) is 0 Å². The molecule has 1 aromatic heterocycles. The molecule has 0 radical (unpaired) electrons. The Morgan fingerprint density at radius 1 is 1.33 bits per heavy atom. The van der Waals surface area contributed by atoms with Crippen molar-refractivity contribution in [3.63, 3.8) is 0 Å². The maximum Gasteiger partial charge on any atom is 0.223 e. The number of aromatic nitrogens is 1. The SMILES string of the molecule is Fc1ccc(Oc2ncc(Br)cc2CCl)cc1Cl. The first kappa shape index (κ1) is 13.6. The average molecular weight is 351 g/mol. The number of pyridine rings is 1. The molecule has 18 heavy (non-hydrogen) atoms. The van der Waals surface area contributed by atoms with E-state index in [9.17, 15) is 4.39 Å². The van der Waals surface area contributed by atoms with E-state index < -0.39 is 5.82 Å². The predicted octanol–water partition coefficient (Wildman–Crippen LogP) is 5.17. The fourth-order valence-corrected chi connectivity index (χ4v) is 2.05. The lowest BCUT2D eigenvalue weighted by Crippen LogP contribution is -1.93. The van der Waals surface area contributed by atoms with Gasteiger partial charge in [0.25, 0.3) is 0 Å². The van der Waals surface area contributed by atoms with Gasteiger partial charge in [0, 0.05) is 22.3 Å². The van der Waals surface area contributed by atoms with Gasteiger partial charge in [0.05, 0.1) is 10.9 Å². The van der Waals surface area contributed by atoms with Gasteiger partial charge >= 0.3 is 0 Å². The van der Waals surface area contributed by atoms with Crippen LogP contribution in [0.3, 0.4) is 0 Å². The zero-order valence-electron chi connectivity index (χ0n) is 8.96. The number of hydrogen-bond acceptors (Lipinski definition) is 2. The normalized spacial score (nSPS) is 10.4. The number of ether oxygens (including phenoxy) is 1. The van der Waals surface area contributed by atoms with Gasteiger partial charge in [0.1, 0.15) is 11.6 Å². The van der Waals surface area contributed by atoms with E-state index in [-0.39, 0.29) is 10.9 Å². The minimum absolute atomic E-state index is 0.00275. The maximum absolute atomic E-state index is 13.0. The topological polar surface area (TPSA) is 22.1 Å². The highest BCUT2D eigenvalue weighted by atomic mass is 79.9. The summed E-state index contributed by atoms with van der Waals surface area (Å²) in [6.45, 7) is 0. The summed E-state index contributed by atoms with van der Waals surface area (Å²) >= 11 is 14.8. The van der Waals surface area contributed by atoms with Gasteiger partial charge in [0.2, 0.25) is 5.88 Å². The number of rotatable bonds is 3. The van der Waals surface area contributed by atoms with Crippen LogP contribution in [-0.2, 0) is 5.88 Å². The van der Waals surface area contributed by atoms with E-state index >= 15 is 0 Å². The predicted molar refractivity (Wildman–Crippen MR) is 73.0 cm³/mol. The Morgan fingerprint density at radius 3 is 2.78 bits per heavy atom. The molecule has 0 N–H and O–H groups in total. The van der Waals surface area contributed by atoms with Crippen molar-refractivity contribution in [2.24, 2.45) is 0 Å². The van der Waals surface area contributed by atoms with Gasteiger partial charge in [-0.15, -0.1) is 11.6 Å². The molecule has 0 saturated heterocycles. The molecule has 0 unspecified atom stereocenters. The Balaban J connectivity index is 2.30. The van der Waals surface area contributed by atoms with Gasteiger partial charge in [-0.05, 0) is 34.1 Å². The molecule has 2 nitrogen and oxygen atoms in total. The minimum atomic E-state index is -0.495.